The van der Waals surface area contributed by atoms with E-state index >= 15 is 0 Å². The van der Waals surface area contributed by atoms with Gasteiger partial charge >= 0.3 is 0 Å². The molecule has 4 nitrogen and oxygen atoms in total. The Hall–Kier alpha value is -2.31. The van der Waals surface area contributed by atoms with Crippen LogP contribution in [0, 0.1) is 17.0 Å². The summed E-state index contributed by atoms with van der Waals surface area (Å²) in [5.74, 6) is -1.80. The maximum Gasteiger partial charge on any atom is 0.227 e. The number of rotatable bonds is 7. The largest absolute Gasteiger partial charge is 0.394 e. The van der Waals surface area contributed by atoms with Crippen molar-refractivity contribution in [1.29, 1.82) is 0 Å². The Morgan fingerprint density at radius 1 is 1.10 bits per heavy atom. The Kier molecular flexibility index (Phi) is 6.98. The number of hydrogen-bond donors (Lipinski definition) is 2. The van der Waals surface area contributed by atoms with E-state index < -0.39 is 17.0 Å². The Bertz CT molecular complexity index is 829. The number of nitrogens with one attached hydrogen (secondary N) is 1. The lowest BCUT2D eigenvalue weighted by Gasteiger charge is -2.37. The van der Waals surface area contributed by atoms with Gasteiger partial charge in [-0.3, -0.25) is 4.79 Å². The van der Waals surface area contributed by atoms with Crippen molar-refractivity contribution < 1.29 is 23.4 Å². The third kappa shape index (κ3) is 5.00. The van der Waals surface area contributed by atoms with Crippen molar-refractivity contribution in [3.63, 3.8) is 0 Å². The van der Waals surface area contributed by atoms with Gasteiger partial charge in [-0.1, -0.05) is 37.3 Å². The number of aliphatic hydroxyl groups excluding tert-OH is 1. The van der Waals surface area contributed by atoms with Gasteiger partial charge < -0.3 is 15.2 Å². The van der Waals surface area contributed by atoms with Gasteiger partial charge in [0.15, 0.2) is 11.6 Å². The summed E-state index contributed by atoms with van der Waals surface area (Å²) >= 11 is 0. The van der Waals surface area contributed by atoms with Crippen molar-refractivity contribution in [3.05, 3.63) is 59.7 Å². The number of ether oxygens (including phenoxy) is 1. The van der Waals surface area contributed by atoms with Gasteiger partial charge in [0, 0.05) is 13.2 Å². The molecule has 3 rings (SSSR count). The molecule has 1 fully saturated rings. The zero-order valence-electron chi connectivity index (χ0n) is 16.6. The molecule has 6 heteroatoms. The van der Waals surface area contributed by atoms with Crippen molar-refractivity contribution in [2.24, 2.45) is 5.41 Å². The molecule has 2 aromatic rings. The van der Waals surface area contributed by atoms with E-state index in [1.165, 1.54) is 6.07 Å². The standard InChI is InChI=1S/C23H27F2NO3/c1-2-19(15-27)26-22(28)23(9-11-29-12-10-23)14-16-3-5-17(6-4-16)18-7-8-20(24)21(25)13-18/h3-8,13,19,27H,2,9-12,14-15H2,1H3,(H,26,28)/t19-/m0/s1. The Balaban J connectivity index is 1.79. The highest BCUT2D eigenvalue weighted by Crippen LogP contribution is 2.35. The molecule has 0 spiro atoms. The van der Waals surface area contributed by atoms with E-state index in [-0.39, 0.29) is 18.6 Å². The van der Waals surface area contributed by atoms with Gasteiger partial charge in [-0.25, -0.2) is 8.78 Å². The SMILES string of the molecule is CC[C@@H](CO)NC(=O)C1(Cc2ccc(-c3ccc(F)c(F)c3)cc2)CCOCC1. The molecule has 1 saturated heterocycles. The van der Waals surface area contributed by atoms with Crippen LogP contribution in [0.25, 0.3) is 11.1 Å². The minimum Gasteiger partial charge on any atom is -0.394 e. The highest BCUT2D eigenvalue weighted by molar-refractivity contribution is 5.83. The van der Waals surface area contributed by atoms with Crippen molar-refractivity contribution >= 4 is 5.91 Å². The van der Waals surface area contributed by atoms with E-state index in [2.05, 4.69) is 5.32 Å². The van der Waals surface area contributed by atoms with E-state index in [0.29, 0.717) is 44.5 Å². The summed E-state index contributed by atoms with van der Waals surface area (Å²) in [5, 5.41) is 12.4. The molecule has 0 aliphatic carbocycles. The molecule has 1 atom stereocenters. The van der Waals surface area contributed by atoms with Crippen LogP contribution in [-0.4, -0.2) is 36.9 Å². The number of amides is 1. The number of aliphatic hydroxyl groups is 1. The number of carbonyl (C=O) groups excluding carboxylic acids is 1. The molecule has 2 N–H and O–H groups in total. The normalized spacial score (nSPS) is 17.0. The predicted octanol–water partition coefficient (Wildman–Crippen LogP) is 3.86. The molecule has 1 aliphatic heterocycles. The molecule has 0 unspecified atom stereocenters. The van der Waals surface area contributed by atoms with E-state index in [0.717, 1.165) is 17.2 Å². The molecule has 1 amide bonds. The molecule has 0 bridgehead atoms. The zero-order chi connectivity index (χ0) is 20.9. The number of carbonyl (C=O) groups is 1. The van der Waals surface area contributed by atoms with Crippen molar-refractivity contribution in [2.75, 3.05) is 19.8 Å². The van der Waals surface area contributed by atoms with Gasteiger partial charge in [-0.15, -0.1) is 0 Å². The summed E-state index contributed by atoms with van der Waals surface area (Å²) in [6.45, 7) is 2.89. The second-order valence-electron chi connectivity index (χ2n) is 7.66. The first kappa shape index (κ1) is 21.4. The Morgan fingerprint density at radius 2 is 1.76 bits per heavy atom. The second-order valence-corrected chi connectivity index (χ2v) is 7.66. The van der Waals surface area contributed by atoms with Crippen molar-refractivity contribution in [3.8, 4) is 11.1 Å². The van der Waals surface area contributed by atoms with E-state index in [1.807, 2.05) is 31.2 Å². The number of benzene rings is 2. The summed E-state index contributed by atoms with van der Waals surface area (Å²) in [4.78, 5) is 13.1. The summed E-state index contributed by atoms with van der Waals surface area (Å²) in [7, 11) is 0. The number of hydrogen-bond acceptors (Lipinski definition) is 3. The third-order valence-corrected chi connectivity index (χ3v) is 5.73. The average Bonchev–Trinajstić information content (AvgIpc) is 2.75. The third-order valence-electron chi connectivity index (χ3n) is 5.73. The van der Waals surface area contributed by atoms with Gasteiger partial charge in [-0.2, -0.15) is 0 Å². The first-order chi connectivity index (χ1) is 14.0. The van der Waals surface area contributed by atoms with Crippen LogP contribution in [-0.2, 0) is 16.0 Å². The predicted molar refractivity (Wildman–Crippen MR) is 107 cm³/mol. The molecule has 1 heterocycles. The monoisotopic (exact) mass is 403 g/mol. The van der Waals surface area contributed by atoms with Gasteiger partial charge in [0.05, 0.1) is 18.1 Å². The molecule has 2 aromatic carbocycles. The van der Waals surface area contributed by atoms with Gasteiger partial charge in [-0.05, 0) is 54.5 Å². The summed E-state index contributed by atoms with van der Waals surface area (Å²) in [5.41, 5.74) is 1.79. The van der Waals surface area contributed by atoms with Gasteiger partial charge in [0.2, 0.25) is 5.91 Å². The Labute approximate surface area is 169 Å². The minimum atomic E-state index is -0.876. The van der Waals surface area contributed by atoms with Crippen LogP contribution in [0.15, 0.2) is 42.5 Å². The van der Waals surface area contributed by atoms with Crippen LogP contribution in [0.5, 0.6) is 0 Å². The van der Waals surface area contributed by atoms with Crippen LogP contribution in [0.4, 0.5) is 8.78 Å². The van der Waals surface area contributed by atoms with Crippen LogP contribution >= 0.6 is 0 Å². The van der Waals surface area contributed by atoms with E-state index in [9.17, 15) is 18.7 Å². The minimum absolute atomic E-state index is 0.0496. The maximum absolute atomic E-state index is 13.5. The van der Waals surface area contributed by atoms with E-state index in [1.54, 1.807) is 6.07 Å². The van der Waals surface area contributed by atoms with Gasteiger partial charge in [0.25, 0.3) is 0 Å². The first-order valence-corrected chi connectivity index (χ1v) is 10.0. The van der Waals surface area contributed by atoms with Crippen LogP contribution in [0.1, 0.15) is 31.7 Å². The van der Waals surface area contributed by atoms with Crippen molar-refractivity contribution in [1.82, 2.24) is 5.32 Å². The average molecular weight is 403 g/mol. The summed E-state index contributed by atoms with van der Waals surface area (Å²) < 4.78 is 32.1. The summed E-state index contributed by atoms with van der Waals surface area (Å²) in [6.07, 6.45) is 2.46. The van der Waals surface area contributed by atoms with Crippen LogP contribution in [0.2, 0.25) is 0 Å². The fraction of sp³-hybridized carbons (Fsp3) is 0.435. The van der Waals surface area contributed by atoms with Gasteiger partial charge in [0.1, 0.15) is 0 Å². The molecular weight excluding hydrogens is 376 g/mol. The zero-order valence-corrected chi connectivity index (χ0v) is 16.6. The topological polar surface area (TPSA) is 58.6 Å². The maximum atomic E-state index is 13.5. The molecule has 0 aromatic heterocycles. The molecule has 0 radical (unpaired) electrons. The molecule has 0 saturated carbocycles. The fourth-order valence-electron chi connectivity index (χ4n) is 3.74. The quantitative estimate of drug-likeness (QED) is 0.738. The molecule has 1 aliphatic rings. The smallest absolute Gasteiger partial charge is 0.227 e. The lowest BCUT2D eigenvalue weighted by molar-refractivity contribution is -0.137. The lowest BCUT2D eigenvalue weighted by Crippen LogP contribution is -2.50. The first-order valence-electron chi connectivity index (χ1n) is 10.0. The highest BCUT2D eigenvalue weighted by atomic mass is 19.2. The van der Waals surface area contributed by atoms with Crippen molar-refractivity contribution in [2.45, 2.75) is 38.6 Å². The van der Waals surface area contributed by atoms with E-state index in [4.69, 9.17) is 4.74 Å². The molecule has 156 valence electrons. The van der Waals surface area contributed by atoms with Crippen LogP contribution < -0.4 is 5.32 Å². The molecule has 29 heavy (non-hydrogen) atoms. The molecular formula is C23H27F2NO3. The highest BCUT2D eigenvalue weighted by Gasteiger charge is 2.40. The number of halogens is 2. The van der Waals surface area contributed by atoms with Crippen LogP contribution in [0.3, 0.4) is 0 Å². The second kappa shape index (κ2) is 9.46. The summed E-state index contributed by atoms with van der Waals surface area (Å²) in [6, 6.07) is 11.1. The lowest BCUT2D eigenvalue weighted by atomic mass is 9.74. The Morgan fingerprint density at radius 3 is 2.34 bits per heavy atom. The fourth-order valence-corrected chi connectivity index (χ4v) is 3.74.